The number of aromatic nitrogens is 1. The van der Waals surface area contributed by atoms with Gasteiger partial charge in [0.25, 0.3) is 5.91 Å². The van der Waals surface area contributed by atoms with Crippen LogP contribution in [0.5, 0.6) is 0 Å². The second-order valence-corrected chi connectivity index (χ2v) is 8.59. The Balaban J connectivity index is 1.79. The molecular formula is C24H24ClN3O2. The van der Waals surface area contributed by atoms with Crippen LogP contribution in [0.25, 0.3) is 0 Å². The topological polar surface area (TPSA) is 71.1 Å². The second kappa shape index (κ2) is 8.07. The molecule has 0 saturated heterocycles. The number of rotatable bonds is 3. The van der Waals surface area contributed by atoms with E-state index in [0.29, 0.717) is 28.4 Å². The molecule has 0 fully saturated rings. The van der Waals surface area contributed by atoms with Crippen molar-refractivity contribution in [1.82, 2.24) is 10.3 Å². The summed E-state index contributed by atoms with van der Waals surface area (Å²) < 4.78 is 0. The molecule has 1 amide bonds. The first kappa shape index (κ1) is 20.4. The van der Waals surface area contributed by atoms with Crippen LogP contribution < -0.4 is 10.6 Å². The zero-order valence-electron chi connectivity index (χ0n) is 17.3. The van der Waals surface area contributed by atoms with Crippen molar-refractivity contribution >= 4 is 29.1 Å². The van der Waals surface area contributed by atoms with E-state index in [0.717, 1.165) is 28.9 Å². The minimum atomic E-state index is -0.467. The second-order valence-electron chi connectivity index (χ2n) is 8.16. The zero-order chi connectivity index (χ0) is 21.4. The molecule has 1 aromatic carbocycles. The van der Waals surface area contributed by atoms with E-state index in [1.165, 1.54) is 0 Å². The van der Waals surface area contributed by atoms with Gasteiger partial charge in [0.1, 0.15) is 5.82 Å². The first-order valence-electron chi connectivity index (χ1n) is 10.1. The van der Waals surface area contributed by atoms with E-state index in [2.05, 4.69) is 22.5 Å². The molecule has 2 aromatic rings. The minimum absolute atomic E-state index is 0.0764. The Morgan fingerprint density at radius 1 is 1.20 bits per heavy atom. The van der Waals surface area contributed by atoms with Gasteiger partial charge in [0, 0.05) is 46.1 Å². The highest BCUT2D eigenvalue weighted by Crippen LogP contribution is 2.43. The highest BCUT2D eigenvalue weighted by molar-refractivity contribution is 6.30. The molecule has 0 saturated carbocycles. The molecule has 2 unspecified atom stereocenters. The van der Waals surface area contributed by atoms with Crippen molar-refractivity contribution in [2.75, 3.05) is 5.32 Å². The fourth-order valence-corrected chi connectivity index (χ4v) is 4.48. The highest BCUT2D eigenvalue weighted by atomic mass is 35.5. The number of dihydropyridines is 1. The summed E-state index contributed by atoms with van der Waals surface area (Å²) in [6, 6.07) is 11.1. The van der Waals surface area contributed by atoms with Crippen LogP contribution in [0.4, 0.5) is 5.82 Å². The van der Waals surface area contributed by atoms with Crippen molar-refractivity contribution in [1.29, 1.82) is 0 Å². The number of halogens is 1. The fraction of sp³-hybridized carbons (Fsp3) is 0.292. The molecule has 0 bridgehead atoms. The summed E-state index contributed by atoms with van der Waals surface area (Å²) in [5, 5.41) is 6.80. The maximum absolute atomic E-state index is 13.4. The monoisotopic (exact) mass is 421 g/mol. The fourth-order valence-electron chi connectivity index (χ4n) is 4.28. The SMILES string of the molecule is CC1=C(C(=O)Nc2ccc(C)cn2)C(c2cccc(Cl)c2)C2=C(CC(C)CC2=O)N1. The average Bonchev–Trinajstić information content (AvgIpc) is 2.68. The highest BCUT2D eigenvalue weighted by Gasteiger charge is 2.39. The van der Waals surface area contributed by atoms with Crippen LogP contribution in [0.15, 0.2) is 65.1 Å². The van der Waals surface area contributed by atoms with Gasteiger partial charge in [-0.05, 0) is 55.5 Å². The normalized spacial score (nSPS) is 21.3. The number of aryl methyl sites for hydroxylation is 1. The maximum Gasteiger partial charge on any atom is 0.255 e. The van der Waals surface area contributed by atoms with Crippen LogP contribution in [-0.2, 0) is 9.59 Å². The number of nitrogens with zero attached hydrogens (tertiary/aromatic N) is 1. The van der Waals surface area contributed by atoms with Crippen molar-refractivity contribution in [3.8, 4) is 0 Å². The Morgan fingerprint density at radius 2 is 2.00 bits per heavy atom. The molecule has 2 aliphatic rings. The Morgan fingerprint density at radius 3 is 2.70 bits per heavy atom. The summed E-state index contributed by atoms with van der Waals surface area (Å²) >= 11 is 6.26. The smallest absolute Gasteiger partial charge is 0.255 e. The number of ketones is 1. The molecule has 1 aromatic heterocycles. The molecular weight excluding hydrogens is 398 g/mol. The third-order valence-corrected chi connectivity index (χ3v) is 5.85. The van der Waals surface area contributed by atoms with Gasteiger partial charge < -0.3 is 10.6 Å². The Kier molecular flexibility index (Phi) is 5.48. The Hall–Kier alpha value is -2.92. The van der Waals surface area contributed by atoms with Crippen LogP contribution in [0.2, 0.25) is 5.02 Å². The molecule has 2 N–H and O–H groups in total. The standard InChI is InChI=1S/C24H24ClN3O2/c1-13-7-8-20(26-12-13)28-24(30)21-15(3)27-18-9-14(2)10-19(29)23(18)22(21)16-5-4-6-17(25)11-16/h4-8,11-12,14,22,27H,9-10H2,1-3H3,(H,26,28,30). The quantitative estimate of drug-likeness (QED) is 0.739. The largest absolute Gasteiger partial charge is 0.362 e. The molecule has 5 nitrogen and oxygen atoms in total. The van der Waals surface area contributed by atoms with Crippen LogP contribution in [0.3, 0.4) is 0 Å². The summed E-state index contributed by atoms with van der Waals surface area (Å²) in [5.41, 5.74) is 4.68. The molecule has 0 radical (unpaired) electrons. The van der Waals surface area contributed by atoms with E-state index in [4.69, 9.17) is 11.6 Å². The van der Waals surface area contributed by atoms with E-state index in [1.54, 1.807) is 18.3 Å². The number of anilines is 1. The van der Waals surface area contributed by atoms with E-state index in [9.17, 15) is 9.59 Å². The molecule has 0 spiro atoms. The van der Waals surface area contributed by atoms with Crippen molar-refractivity contribution in [2.45, 2.75) is 39.5 Å². The molecule has 154 valence electrons. The number of carbonyl (C=O) groups excluding carboxylic acids is 2. The van der Waals surface area contributed by atoms with Gasteiger partial charge in [-0.25, -0.2) is 4.98 Å². The average molecular weight is 422 g/mol. The van der Waals surface area contributed by atoms with Gasteiger partial charge in [-0.2, -0.15) is 0 Å². The van der Waals surface area contributed by atoms with E-state index >= 15 is 0 Å². The third kappa shape index (κ3) is 3.90. The molecule has 30 heavy (non-hydrogen) atoms. The number of carbonyl (C=O) groups is 2. The van der Waals surface area contributed by atoms with E-state index < -0.39 is 5.92 Å². The summed E-state index contributed by atoms with van der Waals surface area (Å²) in [6.07, 6.45) is 2.96. The number of hydrogen-bond donors (Lipinski definition) is 2. The van der Waals surface area contributed by atoms with Crippen molar-refractivity contribution in [2.24, 2.45) is 5.92 Å². The van der Waals surface area contributed by atoms with Gasteiger partial charge in [0.05, 0.1) is 0 Å². The lowest BCUT2D eigenvalue weighted by atomic mass is 9.73. The van der Waals surface area contributed by atoms with E-state index in [1.807, 2.05) is 38.1 Å². The number of hydrogen-bond acceptors (Lipinski definition) is 4. The number of pyridine rings is 1. The van der Waals surface area contributed by atoms with Gasteiger partial charge in [-0.3, -0.25) is 9.59 Å². The summed E-state index contributed by atoms with van der Waals surface area (Å²) in [7, 11) is 0. The van der Waals surface area contributed by atoms with Gasteiger partial charge >= 0.3 is 0 Å². The maximum atomic E-state index is 13.4. The molecule has 6 heteroatoms. The molecule has 4 rings (SSSR count). The number of Topliss-reactive ketones (excluding diaryl/α,β-unsaturated/α-hetero) is 1. The minimum Gasteiger partial charge on any atom is -0.362 e. The summed E-state index contributed by atoms with van der Waals surface area (Å²) in [5.74, 6) is 0.0694. The van der Waals surface area contributed by atoms with Crippen molar-refractivity contribution < 1.29 is 9.59 Å². The number of benzene rings is 1. The first-order valence-corrected chi connectivity index (χ1v) is 10.4. The lowest BCUT2D eigenvalue weighted by Gasteiger charge is -2.36. The predicted octanol–water partition coefficient (Wildman–Crippen LogP) is 4.90. The first-order chi connectivity index (χ1) is 14.3. The van der Waals surface area contributed by atoms with Crippen LogP contribution >= 0.6 is 11.6 Å². The van der Waals surface area contributed by atoms with Crippen LogP contribution in [-0.4, -0.2) is 16.7 Å². The molecule has 2 atom stereocenters. The summed E-state index contributed by atoms with van der Waals surface area (Å²) in [6.45, 7) is 5.89. The number of amides is 1. The summed E-state index contributed by atoms with van der Waals surface area (Å²) in [4.78, 5) is 30.7. The number of allylic oxidation sites excluding steroid dienone is 3. The molecule has 2 heterocycles. The van der Waals surface area contributed by atoms with Gasteiger partial charge in [0.2, 0.25) is 0 Å². The van der Waals surface area contributed by atoms with Gasteiger partial charge in [0.15, 0.2) is 5.78 Å². The van der Waals surface area contributed by atoms with Crippen LogP contribution in [0, 0.1) is 12.8 Å². The predicted molar refractivity (Wildman–Crippen MR) is 118 cm³/mol. The molecule has 1 aliphatic heterocycles. The van der Waals surface area contributed by atoms with Crippen molar-refractivity contribution in [3.05, 3.63) is 81.3 Å². The van der Waals surface area contributed by atoms with Crippen LogP contribution in [0.1, 0.15) is 43.7 Å². The Labute approximate surface area is 181 Å². The zero-order valence-corrected chi connectivity index (χ0v) is 18.0. The van der Waals surface area contributed by atoms with E-state index in [-0.39, 0.29) is 17.6 Å². The number of nitrogens with one attached hydrogen (secondary N) is 2. The Bertz CT molecular complexity index is 1090. The lowest BCUT2D eigenvalue weighted by molar-refractivity contribution is -0.117. The lowest BCUT2D eigenvalue weighted by Crippen LogP contribution is -2.37. The third-order valence-electron chi connectivity index (χ3n) is 5.61. The van der Waals surface area contributed by atoms with Crippen molar-refractivity contribution in [3.63, 3.8) is 0 Å². The molecule has 1 aliphatic carbocycles. The van der Waals surface area contributed by atoms with Gasteiger partial charge in [-0.1, -0.05) is 36.7 Å². The van der Waals surface area contributed by atoms with Gasteiger partial charge in [-0.15, -0.1) is 0 Å².